The van der Waals surface area contributed by atoms with E-state index in [2.05, 4.69) is 10.1 Å². The Morgan fingerprint density at radius 2 is 2.26 bits per heavy atom. The zero-order chi connectivity index (χ0) is 24.5. The average Bonchev–Trinajstić information content (AvgIpc) is 2.56. The van der Waals surface area contributed by atoms with E-state index >= 15 is 0 Å². The molecule has 19 heavy (non-hydrogen) atoms. The van der Waals surface area contributed by atoms with Gasteiger partial charge in [0.25, 0.3) is 0 Å². The number of ether oxygens (including phenoxy) is 2. The van der Waals surface area contributed by atoms with Crippen LogP contribution in [0, 0.1) is 0 Å². The number of nitrogens with one attached hydrogen (secondary N) is 1. The predicted octanol–water partition coefficient (Wildman–Crippen LogP) is 1.61. The Balaban J connectivity index is 2.80. The van der Waals surface area contributed by atoms with Gasteiger partial charge in [0.15, 0.2) is 0 Å². The van der Waals surface area contributed by atoms with E-state index in [9.17, 15) is 5.11 Å². The van der Waals surface area contributed by atoms with Crippen molar-refractivity contribution in [1.29, 1.82) is 0 Å². The van der Waals surface area contributed by atoms with Crippen LogP contribution in [0.3, 0.4) is 0 Å². The summed E-state index contributed by atoms with van der Waals surface area (Å²) in [6.45, 7) is -5.98. The van der Waals surface area contributed by atoms with Crippen molar-refractivity contribution in [2.24, 2.45) is 0 Å². The van der Waals surface area contributed by atoms with E-state index in [4.69, 9.17) is 21.2 Å². The molecular weight excluding hydrogens is 242 g/mol. The quantitative estimate of drug-likeness (QED) is 0.721. The summed E-state index contributed by atoms with van der Waals surface area (Å²) in [6, 6.07) is 2.61. The third-order valence-electron chi connectivity index (χ3n) is 2.06. The van der Waals surface area contributed by atoms with Gasteiger partial charge in [-0.3, -0.25) is 0 Å². The van der Waals surface area contributed by atoms with Crippen molar-refractivity contribution < 1.29 is 31.0 Å². The molecule has 0 amide bonds. The van der Waals surface area contributed by atoms with Crippen molar-refractivity contribution in [1.82, 2.24) is 5.32 Å². The summed E-state index contributed by atoms with van der Waals surface area (Å²) in [5.41, 5.74) is -0.237. The number of hydrogen-bond donors (Lipinski definition) is 2. The lowest BCUT2D eigenvalue weighted by atomic mass is 10.1. The smallest absolute Gasteiger partial charge is 0.119 e. The summed E-state index contributed by atoms with van der Waals surface area (Å²) < 4.78 is 98.8. The molecule has 2 N–H and O–H groups in total. The number of benzene rings is 1. The Morgan fingerprint density at radius 3 is 2.95 bits per heavy atom. The Labute approximate surface area is 132 Å². The predicted molar refractivity (Wildman–Crippen MR) is 76.7 cm³/mol. The maximum atomic E-state index is 10.0. The largest absolute Gasteiger partial charge is 0.491 e. The first-order valence-electron chi connectivity index (χ1n) is 11.5. The molecule has 0 spiro atoms. The minimum Gasteiger partial charge on any atom is -0.491 e. The van der Waals surface area contributed by atoms with Gasteiger partial charge in [0.05, 0.1) is 14.8 Å². The monoisotopic (exact) mass is 279 g/mol. The van der Waals surface area contributed by atoms with Gasteiger partial charge < -0.3 is 19.9 Å². The summed E-state index contributed by atoms with van der Waals surface area (Å²) in [5.74, 6) is 0.0759. The van der Waals surface area contributed by atoms with Crippen LogP contribution in [0.25, 0.3) is 0 Å². The highest BCUT2D eigenvalue weighted by Gasteiger charge is 2.05. The van der Waals surface area contributed by atoms with E-state index < -0.39 is 52.1 Å². The Bertz CT molecular complexity index is 728. The molecule has 4 nitrogen and oxygen atoms in total. The first-order chi connectivity index (χ1) is 13.6. The SMILES string of the molecule is [2H]C(O)(CNC([2H])(C)C([2H])([2H])[2H])COc1ccc(C([2H])([2H])C([2H])([2H])OC([2H])([2H])[2H])cc1. The van der Waals surface area contributed by atoms with Crippen LogP contribution >= 0.6 is 0 Å². The Morgan fingerprint density at radius 1 is 1.47 bits per heavy atom. The minimum atomic E-state index is -3.17. The van der Waals surface area contributed by atoms with Crippen molar-refractivity contribution in [3.8, 4) is 5.75 Å². The van der Waals surface area contributed by atoms with Crippen molar-refractivity contribution in [3.05, 3.63) is 29.8 Å². The number of methoxy groups -OCH3 is 1. The van der Waals surface area contributed by atoms with Crippen LogP contribution in [0.5, 0.6) is 5.75 Å². The lowest BCUT2D eigenvalue weighted by molar-refractivity contribution is 0.104. The molecule has 0 aliphatic rings. The molecule has 0 bridgehead atoms. The summed E-state index contributed by atoms with van der Waals surface area (Å²) >= 11 is 0. The van der Waals surface area contributed by atoms with E-state index in [-0.39, 0.29) is 11.3 Å². The van der Waals surface area contributed by atoms with Gasteiger partial charge in [0.1, 0.15) is 18.4 Å². The van der Waals surface area contributed by atoms with E-state index in [0.29, 0.717) is 0 Å². The zero-order valence-corrected chi connectivity index (χ0v) is 10.5. The molecule has 0 saturated carbocycles. The van der Waals surface area contributed by atoms with Gasteiger partial charge in [-0.1, -0.05) is 25.9 Å². The van der Waals surface area contributed by atoms with E-state index in [1.54, 1.807) is 0 Å². The Kier molecular flexibility index (Phi) is 2.68. The van der Waals surface area contributed by atoms with Crippen LogP contribution in [0.2, 0.25) is 0 Å². The number of aryl methyl sites for hydroxylation is 1. The van der Waals surface area contributed by atoms with Gasteiger partial charge in [-0.05, 0) is 24.1 Å². The van der Waals surface area contributed by atoms with E-state index in [1.165, 1.54) is 12.1 Å². The molecule has 4 heteroatoms. The van der Waals surface area contributed by atoms with Gasteiger partial charge in [-0.25, -0.2) is 0 Å². The minimum absolute atomic E-state index is 0.0759. The van der Waals surface area contributed by atoms with Crippen LogP contribution < -0.4 is 10.1 Å². The second-order valence-electron chi connectivity index (χ2n) is 3.69. The molecule has 0 heterocycles. The normalized spacial score (nSPS) is 29.6. The maximum Gasteiger partial charge on any atom is 0.119 e. The summed E-state index contributed by atoms with van der Waals surface area (Å²) in [6.07, 6.45) is -5.11. The van der Waals surface area contributed by atoms with Gasteiger partial charge >= 0.3 is 0 Å². The molecule has 0 aromatic heterocycles. The molecule has 1 aromatic carbocycles. The van der Waals surface area contributed by atoms with E-state index in [0.717, 1.165) is 19.1 Å². The van der Waals surface area contributed by atoms with Crippen molar-refractivity contribution in [2.45, 2.75) is 32.2 Å². The lowest BCUT2D eigenvalue weighted by Gasteiger charge is -2.15. The van der Waals surface area contributed by atoms with Gasteiger partial charge in [-0.2, -0.15) is 0 Å². The second kappa shape index (κ2) is 8.91. The molecule has 1 aromatic rings. The topological polar surface area (TPSA) is 50.7 Å². The van der Waals surface area contributed by atoms with Gasteiger partial charge in [-0.15, -0.1) is 0 Å². The first-order valence-corrected chi connectivity index (χ1v) is 5.51. The van der Waals surface area contributed by atoms with Gasteiger partial charge in [0, 0.05) is 27.8 Å². The molecule has 108 valence electrons. The third-order valence-corrected chi connectivity index (χ3v) is 2.06. The molecule has 0 saturated heterocycles. The molecule has 0 fully saturated rings. The highest BCUT2D eigenvalue weighted by Crippen LogP contribution is 2.12. The Hall–Kier alpha value is -1.10. The highest BCUT2D eigenvalue weighted by atomic mass is 16.5. The highest BCUT2D eigenvalue weighted by molar-refractivity contribution is 5.27. The number of rotatable bonds is 9. The van der Waals surface area contributed by atoms with Crippen LogP contribution in [-0.2, 0) is 11.1 Å². The molecule has 0 aliphatic carbocycles. The fourth-order valence-corrected chi connectivity index (χ4v) is 1.17. The zero-order valence-electron chi connectivity index (χ0n) is 22.5. The number of hydrogen-bond acceptors (Lipinski definition) is 4. The lowest BCUT2D eigenvalue weighted by Crippen LogP contribution is -2.35. The fourth-order valence-electron chi connectivity index (χ4n) is 1.17. The maximum absolute atomic E-state index is 10.0. The first kappa shape index (κ1) is 5.72. The fraction of sp³-hybridized carbons (Fsp3) is 0.600. The van der Waals surface area contributed by atoms with Gasteiger partial charge in [0.2, 0.25) is 0 Å². The molecule has 0 aliphatic heterocycles. The molecular formula is C15H25NO3. The summed E-state index contributed by atoms with van der Waals surface area (Å²) in [7, 11) is -3.15. The standard InChI is InChI=1S/C15H25NO3/c1-12(2)16-10-14(17)11-19-15-6-4-13(5-7-15)8-9-18-3/h4-7,12,14,16-17H,8-11H2,1-3H3/i1D3,3D3,8D2,9D2,12D,14D. The van der Waals surface area contributed by atoms with Crippen molar-refractivity contribution in [2.75, 3.05) is 26.7 Å². The average molecular weight is 279 g/mol. The third kappa shape index (κ3) is 7.15. The van der Waals surface area contributed by atoms with Crippen LogP contribution in [0.4, 0.5) is 0 Å². The van der Waals surface area contributed by atoms with Crippen LogP contribution in [0.15, 0.2) is 24.3 Å². The molecule has 2 unspecified atom stereocenters. The van der Waals surface area contributed by atoms with Crippen molar-refractivity contribution in [3.63, 3.8) is 0 Å². The number of aliphatic hydroxyl groups is 1. The summed E-state index contributed by atoms with van der Waals surface area (Å²) in [5, 5.41) is 12.3. The molecule has 1 rings (SSSR count). The second-order valence-corrected chi connectivity index (χ2v) is 3.69. The van der Waals surface area contributed by atoms with Crippen LogP contribution in [0.1, 0.15) is 35.8 Å². The molecule has 0 radical (unpaired) electrons. The van der Waals surface area contributed by atoms with E-state index in [1.807, 2.05) is 0 Å². The van der Waals surface area contributed by atoms with Crippen LogP contribution in [-0.4, -0.2) is 44.0 Å². The summed E-state index contributed by atoms with van der Waals surface area (Å²) in [4.78, 5) is 0. The van der Waals surface area contributed by atoms with Crippen molar-refractivity contribution >= 4 is 0 Å². The molecule has 2 atom stereocenters.